The Balaban J connectivity index is 1.42. The molecule has 2 aliphatic heterocycles. The van der Waals surface area contributed by atoms with Crippen LogP contribution < -0.4 is 5.32 Å². The van der Waals surface area contributed by atoms with E-state index >= 15 is 0 Å². The second-order valence-corrected chi connectivity index (χ2v) is 9.58. The minimum absolute atomic E-state index is 0.00409. The molecule has 1 saturated heterocycles. The Morgan fingerprint density at radius 3 is 2.74 bits per heavy atom. The zero-order valence-electron chi connectivity index (χ0n) is 15.4. The maximum absolute atomic E-state index is 13.2. The van der Waals surface area contributed by atoms with Gasteiger partial charge in [0, 0.05) is 35.1 Å². The third-order valence-electron chi connectivity index (χ3n) is 6.47. The Labute approximate surface area is 168 Å². The number of hydrogen-bond donors (Lipinski definition) is 1. The summed E-state index contributed by atoms with van der Waals surface area (Å²) in [6, 6.07) is 5.74. The van der Waals surface area contributed by atoms with Crippen LogP contribution in [0.25, 0.3) is 0 Å². The molecule has 3 heterocycles. The number of amides is 1. The largest absolute Gasteiger partial charge is 0.370 e. The van der Waals surface area contributed by atoms with Gasteiger partial charge in [0.15, 0.2) is 0 Å². The van der Waals surface area contributed by atoms with E-state index in [0.717, 1.165) is 37.3 Å². The second kappa shape index (κ2) is 5.65. The zero-order valence-corrected chi connectivity index (χ0v) is 16.9. The molecule has 2 aromatic rings. The van der Waals surface area contributed by atoms with Crippen molar-refractivity contribution in [3.63, 3.8) is 0 Å². The Hall–Kier alpha value is -1.72. The molecule has 0 radical (unpaired) electrons. The summed E-state index contributed by atoms with van der Waals surface area (Å²) in [4.78, 5) is 15.2. The fourth-order valence-electron chi connectivity index (χ4n) is 4.82. The minimum atomic E-state index is -0.0784. The van der Waals surface area contributed by atoms with Crippen molar-refractivity contribution in [1.29, 1.82) is 0 Å². The van der Waals surface area contributed by atoms with Gasteiger partial charge in [0.1, 0.15) is 11.4 Å². The summed E-state index contributed by atoms with van der Waals surface area (Å²) in [5, 5.41) is 9.18. The Morgan fingerprint density at radius 2 is 2.00 bits per heavy atom. The number of nitrogens with zero attached hydrogens (tertiary/aromatic N) is 3. The van der Waals surface area contributed by atoms with Crippen molar-refractivity contribution in [3.05, 3.63) is 45.6 Å². The number of rotatable bonds is 2. The number of anilines is 1. The van der Waals surface area contributed by atoms with E-state index in [-0.39, 0.29) is 16.9 Å². The zero-order chi connectivity index (χ0) is 19.0. The first-order chi connectivity index (χ1) is 12.8. The maximum atomic E-state index is 13.2. The van der Waals surface area contributed by atoms with Crippen LogP contribution in [-0.4, -0.2) is 40.2 Å². The number of piperidine rings is 1. The van der Waals surface area contributed by atoms with Gasteiger partial charge >= 0.3 is 0 Å². The Morgan fingerprint density at radius 1 is 1.26 bits per heavy atom. The molecule has 7 heteroatoms. The molecule has 1 amide bonds. The highest BCUT2D eigenvalue weighted by Gasteiger charge is 2.62. The van der Waals surface area contributed by atoms with Gasteiger partial charge in [0.25, 0.3) is 5.91 Å². The molecule has 1 aliphatic carbocycles. The highest BCUT2D eigenvalue weighted by atomic mass is 35.5. The molecule has 0 spiro atoms. The molecule has 2 fully saturated rings. The fourth-order valence-corrected chi connectivity index (χ4v) is 5.35. The highest BCUT2D eigenvalue weighted by Crippen LogP contribution is 2.59. The number of carbonyl (C=O) groups is 1. The number of nitrogens with one attached hydrogen (secondary N) is 1. The third kappa shape index (κ3) is 2.59. The number of halogens is 2. The average Bonchev–Trinajstić information content (AvgIpc) is 2.97. The molecule has 1 aromatic heterocycles. The van der Waals surface area contributed by atoms with Gasteiger partial charge in [-0.2, -0.15) is 5.10 Å². The topological polar surface area (TPSA) is 50.2 Å². The molecule has 3 aliphatic rings. The average molecular weight is 405 g/mol. The Bertz CT molecular complexity index is 933. The second-order valence-electron chi connectivity index (χ2n) is 8.71. The lowest BCUT2D eigenvalue weighted by molar-refractivity contribution is 0.0773. The smallest absolute Gasteiger partial charge is 0.259 e. The summed E-state index contributed by atoms with van der Waals surface area (Å²) in [6.07, 6.45) is 3.79. The monoisotopic (exact) mass is 404 g/mol. The number of aromatic nitrogens is 2. The first kappa shape index (κ1) is 17.4. The van der Waals surface area contributed by atoms with Crippen molar-refractivity contribution in [1.82, 2.24) is 14.7 Å². The van der Waals surface area contributed by atoms with Gasteiger partial charge in [-0.1, -0.05) is 23.2 Å². The van der Waals surface area contributed by atoms with Crippen molar-refractivity contribution in [2.75, 3.05) is 25.0 Å². The lowest BCUT2D eigenvalue weighted by atomic mass is 9.95. The fraction of sp³-hybridized carbons (Fsp3) is 0.500. The van der Waals surface area contributed by atoms with Crippen LogP contribution in [0.2, 0.25) is 10.0 Å². The summed E-state index contributed by atoms with van der Waals surface area (Å²) >= 11 is 12.4. The maximum Gasteiger partial charge on any atom is 0.259 e. The van der Waals surface area contributed by atoms with Crippen LogP contribution in [0.3, 0.4) is 0 Å². The molecule has 142 valence electrons. The van der Waals surface area contributed by atoms with E-state index in [1.807, 2.05) is 21.7 Å². The number of likely N-dealkylation sites (tertiary alicyclic amines) is 1. The third-order valence-corrected chi connectivity index (χ3v) is 6.91. The lowest BCUT2D eigenvalue weighted by Gasteiger charge is -2.33. The predicted octanol–water partition coefficient (Wildman–Crippen LogP) is 4.15. The first-order valence-electron chi connectivity index (χ1n) is 9.38. The van der Waals surface area contributed by atoms with E-state index in [0.29, 0.717) is 28.1 Å². The van der Waals surface area contributed by atoms with Gasteiger partial charge in [0.2, 0.25) is 0 Å². The van der Waals surface area contributed by atoms with Crippen molar-refractivity contribution < 1.29 is 4.79 Å². The SMILES string of the molecule is CC1(C)CCNc2c(C(=O)N3CC4CC4(c4cc(Cl)cc(Cl)c4)C3)cnn21. The highest BCUT2D eigenvalue weighted by molar-refractivity contribution is 6.34. The summed E-state index contributed by atoms with van der Waals surface area (Å²) in [5.41, 5.74) is 1.75. The van der Waals surface area contributed by atoms with Crippen LogP contribution in [0.15, 0.2) is 24.4 Å². The van der Waals surface area contributed by atoms with E-state index in [1.54, 1.807) is 12.3 Å². The molecular formula is C20H22Cl2N4O. The molecule has 2 unspecified atom stereocenters. The minimum Gasteiger partial charge on any atom is -0.370 e. The molecule has 27 heavy (non-hydrogen) atoms. The van der Waals surface area contributed by atoms with Crippen LogP contribution in [0.5, 0.6) is 0 Å². The summed E-state index contributed by atoms with van der Waals surface area (Å²) in [5.74, 6) is 1.38. The molecule has 0 bridgehead atoms. The molecule has 2 atom stereocenters. The van der Waals surface area contributed by atoms with Gasteiger partial charge in [-0.25, -0.2) is 4.68 Å². The first-order valence-corrected chi connectivity index (χ1v) is 10.1. The van der Waals surface area contributed by atoms with E-state index < -0.39 is 0 Å². The number of benzene rings is 1. The molecule has 1 N–H and O–H groups in total. The lowest BCUT2D eigenvalue weighted by Crippen LogP contribution is -2.37. The van der Waals surface area contributed by atoms with Gasteiger partial charge < -0.3 is 10.2 Å². The summed E-state index contributed by atoms with van der Waals surface area (Å²) in [7, 11) is 0. The molecule has 5 nitrogen and oxygen atoms in total. The number of carbonyl (C=O) groups excluding carboxylic acids is 1. The van der Waals surface area contributed by atoms with Gasteiger partial charge in [-0.05, 0) is 56.4 Å². The predicted molar refractivity (Wildman–Crippen MR) is 107 cm³/mol. The summed E-state index contributed by atoms with van der Waals surface area (Å²) < 4.78 is 1.95. The van der Waals surface area contributed by atoms with Crippen LogP contribution in [-0.2, 0) is 11.0 Å². The molecule has 1 saturated carbocycles. The normalized spacial score (nSPS) is 27.7. The van der Waals surface area contributed by atoms with E-state index in [2.05, 4.69) is 24.3 Å². The van der Waals surface area contributed by atoms with Crippen molar-refractivity contribution in [2.45, 2.75) is 37.6 Å². The van der Waals surface area contributed by atoms with Gasteiger partial charge in [0.05, 0.1) is 11.7 Å². The van der Waals surface area contributed by atoms with Crippen LogP contribution in [0, 0.1) is 5.92 Å². The van der Waals surface area contributed by atoms with Crippen LogP contribution in [0.4, 0.5) is 5.82 Å². The number of hydrogen-bond acceptors (Lipinski definition) is 3. The number of fused-ring (bicyclic) bond motifs is 2. The van der Waals surface area contributed by atoms with Crippen LogP contribution in [0.1, 0.15) is 42.6 Å². The van der Waals surface area contributed by atoms with Crippen molar-refractivity contribution >= 4 is 34.9 Å². The van der Waals surface area contributed by atoms with Gasteiger partial charge in [-0.3, -0.25) is 4.79 Å². The molecule has 1 aromatic carbocycles. The standard InChI is InChI=1S/C20H22Cl2N4O/c1-19(2)3-4-23-17-16(9-24-26(17)19)18(27)25-10-13-8-20(13,11-25)12-5-14(21)7-15(22)6-12/h5-7,9,13,23H,3-4,8,10-11H2,1-2H3. The van der Waals surface area contributed by atoms with E-state index in [9.17, 15) is 4.79 Å². The van der Waals surface area contributed by atoms with Crippen LogP contribution >= 0.6 is 23.2 Å². The van der Waals surface area contributed by atoms with E-state index in [1.165, 1.54) is 0 Å². The van der Waals surface area contributed by atoms with Crippen molar-refractivity contribution in [3.8, 4) is 0 Å². The summed E-state index contributed by atoms with van der Waals surface area (Å²) in [6.45, 7) is 6.65. The van der Waals surface area contributed by atoms with Gasteiger partial charge in [-0.15, -0.1) is 0 Å². The molecular weight excluding hydrogens is 383 g/mol. The van der Waals surface area contributed by atoms with E-state index in [4.69, 9.17) is 23.2 Å². The Kier molecular flexibility index (Phi) is 3.63. The van der Waals surface area contributed by atoms with Crippen molar-refractivity contribution in [2.24, 2.45) is 5.92 Å². The molecule has 5 rings (SSSR count). The quantitative estimate of drug-likeness (QED) is 0.817.